The Morgan fingerprint density at radius 1 is 1.07 bits per heavy atom. The molecule has 2 aliphatic rings. The van der Waals surface area contributed by atoms with Gasteiger partial charge in [-0.25, -0.2) is 4.39 Å². The lowest BCUT2D eigenvalue weighted by Gasteiger charge is -2.29. The van der Waals surface area contributed by atoms with Gasteiger partial charge >= 0.3 is 0 Å². The first-order valence-corrected chi connectivity index (χ1v) is 14.8. The van der Waals surface area contributed by atoms with Gasteiger partial charge in [-0.3, -0.25) is 14.6 Å². The summed E-state index contributed by atoms with van der Waals surface area (Å²) in [6.45, 7) is 3.86. The molecule has 5 heterocycles. The lowest BCUT2D eigenvalue weighted by Crippen LogP contribution is -2.33. The minimum atomic E-state index is -0.545. The van der Waals surface area contributed by atoms with Crippen molar-refractivity contribution in [1.82, 2.24) is 14.5 Å². The zero-order valence-electron chi connectivity index (χ0n) is 24.3. The van der Waals surface area contributed by atoms with Crippen molar-refractivity contribution >= 4 is 44.4 Å². The number of pyridine rings is 2. The molecule has 1 fully saturated rings. The number of carbonyl (C=O) groups is 1. The summed E-state index contributed by atoms with van der Waals surface area (Å²) in [5.74, 6) is 0.176. The van der Waals surface area contributed by atoms with Gasteiger partial charge in [-0.15, -0.1) is 0 Å². The number of anilines is 1. The predicted octanol–water partition coefficient (Wildman–Crippen LogP) is 6.69. The summed E-state index contributed by atoms with van der Waals surface area (Å²) in [6, 6.07) is 18.4. The summed E-state index contributed by atoms with van der Waals surface area (Å²) < 4.78 is 30.6. The highest BCUT2D eigenvalue weighted by Crippen LogP contribution is 2.49. The van der Waals surface area contributed by atoms with Crippen LogP contribution in [0.25, 0.3) is 38.5 Å². The van der Waals surface area contributed by atoms with Crippen LogP contribution in [0.2, 0.25) is 0 Å². The minimum Gasteiger partial charge on any atom is -0.456 e. The maximum absolute atomic E-state index is 16.1. The van der Waals surface area contributed by atoms with E-state index in [-0.39, 0.29) is 16.7 Å². The number of amides is 1. The maximum atomic E-state index is 16.1. The number of rotatable bonds is 5. The molecule has 44 heavy (non-hydrogen) atoms. The number of halogens is 1. The summed E-state index contributed by atoms with van der Waals surface area (Å²) in [4.78, 5) is 35.6. The molecule has 1 atom stereocenters. The highest BCUT2D eigenvalue weighted by molar-refractivity contribution is 6.07. The Balaban J connectivity index is 1.33. The first-order valence-electron chi connectivity index (χ1n) is 14.8. The van der Waals surface area contributed by atoms with Crippen LogP contribution in [0.4, 0.5) is 10.1 Å². The van der Waals surface area contributed by atoms with Gasteiger partial charge in [0.1, 0.15) is 27.9 Å². The Labute approximate surface area is 251 Å². The zero-order chi connectivity index (χ0) is 30.1. The number of aromatic nitrogens is 2. The van der Waals surface area contributed by atoms with E-state index in [1.807, 2.05) is 59.5 Å². The van der Waals surface area contributed by atoms with Crippen molar-refractivity contribution in [2.45, 2.75) is 19.8 Å². The summed E-state index contributed by atoms with van der Waals surface area (Å²) in [6.07, 6.45) is 4.74. The van der Waals surface area contributed by atoms with E-state index in [4.69, 9.17) is 9.15 Å². The highest BCUT2D eigenvalue weighted by Gasteiger charge is 2.33. The second-order valence-electron chi connectivity index (χ2n) is 11.8. The smallest absolute Gasteiger partial charge is 0.259 e. The summed E-state index contributed by atoms with van der Waals surface area (Å²) in [7, 11) is 1.66. The number of benzene rings is 3. The molecular weight excluding hydrogens is 559 g/mol. The normalized spacial score (nSPS) is 15.6. The van der Waals surface area contributed by atoms with Gasteiger partial charge in [-0.1, -0.05) is 31.2 Å². The molecule has 9 heteroatoms. The van der Waals surface area contributed by atoms with E-state index >= 15 is 4.39 Å². The summed E-state index contributed by atoms with van der Waals surface area (Å²) in [5, 5.41) is 1.88. The second kappa shape index (κ2) is 9.94. The Morgan fingerprint density at radius 2 is 1.91 bits per heavy atom. The van der Waals surface area contributed by atoms with Crippen molar-refractivity contribution in [3.63, 3.8) is 0 Å². The van der Waals surface area contributed by atoms with E-state index in [0.29, 0.717) is 60.2 Å². The predicted molar refractivity (Wildman–Crippen MR) is 168 cm³/mol. The van der Waals surface area contributed by atoms with Gasteiger partial charge in [-0.2, -0.15) is 0 Å². The van der Waals surface area contributed by atoms with Gasteiger partial charge in [0, 0.05) is 68.0 Å². The van der Waals surface area contributed by atoms with Gasteiger partial charge in [0.05, 0.1) is 11.1 Å². The van der Waals surface area contributed by atoms with E-state index in [9.17, 15) is 9.59 Å². The van der Waals surface area contributed by atoms with Gasteiger partial charge in [0.2, 0.25) is 5.43 Å². The molecule has 0 saturated carbocycles. The average Bonchev–Trinajstić information content (AvgIpc) is 3.62. The van der Waals surface area contributed by atoms with Crippen LogP contribution in [0, 0.1) is 11.7 Å². The van der Waals surface area contributed by atoms with E-state index in [1.54, 1.807) is 24.0 Å². The molecule has 1 unspecified atom stereocenters. The maximum Gasteiger partial charge on any atom is 0.259 e. The number of nitrogens with zero attached hydrogens (tertiary/aromatic N) is 4. The molecule has 0 N–H and O–H groups in total. The number of furan rings is 1. The molecule has 1 saturated heterocycles. The molecule has 8 rings (SSSR count). The van der Waals surface area contributed by atoms with Crippen molar-refractivity contribution in [3.05, 3.63) is 100 Å². The van der Waals surface area contributed by atoms with Crippen LogP contribution in [-0.4, -0.2) is 47.0 Å². The van der Waals surface area contributed by atoms with E-state index in [0.717, 1.165) is 28.5 Å². The monoisotopic (exact) mass is 588 g/mol. The lowest BCUT2D eigenvalue weighted by molar-refractivity contribution is 0.0794. The minimum absolute atomic E-state index is 0.0496. The molecule has 1 amide bonds. The van der Waals surface area contributed by atoms with Gasteiger partial charge in [-0.05, 0) is 42.7 Å². The number of para-hydroxylation sites is 1. The van der Waals surface area contributed by atoms with Crippen molar-refractivity contribution in [1.29, 1.82) is 0 Å². The third-order valence-corrected chi connectivity index (χ3v) is 8.85. The van der Waals surface area contributed by atoms with Gasteiger partial charge in [0.25, 0.3) is 5.91 Å². The summed E-state index contributed by atoms with van der Waals surface area (Å²) in [5.41, 5.74) is 3.00. The van der Waals surface area contributed by atoms with Crippen molar-refractivity contribution in [3.8, 4) is 17.2 Å². The van der Waals surface area contributed by atoms with Crippen molar-refractivity contribution in [2.75, 3.05) is 31.6 Å². The number of likely N-dealkylation sites (N-methyl/N-ethyl adjacent to an activating group) is 1. The van der Waals surface area contributed by atoms with Crippen molar-refractivity contribution in [2.24, 2.45) is 5.92 Å². The number of hydrogen-bond acceptors (Lipinski definition) is 6. The highest BCUT2D eigenvalue weighted by atomic mass is 19.1. The van der Waals surface area contributed by atoms with Crippen LogP contribution < -0.4 is 15.1 Å². The molecule has 0 radical (unpaired) electrons. The molecule has 0 spiro atoms. The Kier molecular flexibility index (Phi) is 5.97. The van der Waals surface area contributed by atoms with Gasteiger partial charge in [0.15, 0.2) is 17.3 Å². The third kappa shape index (κ3) is 4.06. The lowest BCUT2D eigenvalue weighted by atomic mass is 10.0. The molecule has 2 aliphatic heterocycles. The van der Waals surface area contributed by atoms with E-state index in [1.165, 1.54) is 11.0 Å². The molecule has 3 aromatic heterocycles. The quantitative estimate of drug-likeness (QED) is 0.223. The van der Waals surface area contributed by atoms with Crippen LogP contribution in [0.3, 0.4) is 0 Å². The molecule has 0 bridgehead atoms. The Hall–Kier alpha value is -5.18. The third-order valence-electron chi connectivity index (χ3n) is 8.85. The number of carbonyl (C=O) groups excluding carboxylic acids is 1. The second-order valence-corrected chi connectivity index (χ2v) is 11.8. The van der Waals surface area contributed by atoms with E-state index < -0.39 is 17.2 Å². The fraction of sp³-hybridized carbons (Fsp3) is 0.229. The van der Waals surface area contributed by atoms with E-state index in [2.05, 4.69) is 11.9 Å². The standard InChI is InChI=1S/C35H29FN4O4/c1-20-10-14-39(18-20)32-26(36)15-24-31-34(32)44-30-16-23-22-8-3-4-9-28(22)43-29(23)17-27(30)40(31)19-25(33(24)41)35(42)38(2)13-11-21-7-5-6-12-37-21/h3-9,12,15-17,19-20H,10-11,13-14,18H2,1-2H3. The number of fused-ring (bicyclic) bond motifs is 5. The fourth-order valence-corrected chi connectivity index (χ4v) is 6.54. The van der Waals surface area contributed by atoms with Crippen molar-refractivity contribution < 1.29 is 18.3 Å². The van der Waals surface area contributed by atoms with Crippen LogP contribution in [0.1, 0.15) is 29.4 Å². The van der Waals surface area contributed by atoms with Crippen LogP contribution >= 0.6 is 0 Å². The number of ether oxygens (including phenoxy) is 1. The Morgan fingerprint density at radius 3 is 2.70 bits per heavy atom. The SMILES string of the molecule is CC1CCN(c2c(F)cc3c(=O)c(C(=O)N(C)CCc4ccccn4)cn4c3c2Oc2cc3c(cc2-4)oc2ccccc23)C1. The molecule has 220 valence electrons. The molecule has 3 aromatic carbocycles. The zero-order valence-corrected chi connectivity index (χ0v) is 24.3. The largest absolute Gasteiger partial charge is 0.456 e. The molecular formula is C35H29FN4O4. The number of hydrogen-bond donors (Lipinski definition) is 0. The van der Waals surface area contributed by atoms with Crippen LogP contribution in [-0.2, 0) is 6.42 Å². The van der Waals surface area contributed by atoms with Gasteiger partial charge < -0.3 is 23.5 Å². The fourth-order valence-electron chi connectivity index (χ4n) is 6.54. The molecule has 8 nitrogen and oxygen atoms in total. The van der Waals surface area contributed by atoms with Crippen LogP contribution in [0.15, 0.2) is 82.3 Å². The molecule has 0 aliphatic carbocycles. The average molecular weight is 589 g/mol. The Bertz CT molecular complexity index is 2190. The van der Waals surface area contributed by atoms with Crippen LogP contribution in [0.5, 0.6) is 11.5 Å². The topological polar surface area (TPSA) is 80.8 Å². The first kappa shape index (κ1) is 26.4. The first-order chi connectivity index (χ1) is 21.4. The summed E-state index contributed by atoms with van der Waals surface area (Å²) >= 11 is 0. The molecule has 6 aromatic rings.